The fraction of sp³-hybridized carbons (Fsp3) is 0.350. The molecule has 0 unspecified atom stereocenters. The lowest BCUT2D eigenvalue weighted by molar-refractivity contribution is 0.244. The lowest BCUT2D eigenvalue weighted by Gasteiger charge is -2.16. The predicted molar refractivity (Wildman–Crippen MR) is 107 cm³/mol. The van der Waals surface area contributed by atoms with Gasteiger partial charge in [-0.2, -0.15) is 5.10 Å². The van der Waals surface area contributed by atoms with Gasteiger partial charge in [0.05, 0.1) is 6.67 Å². The van der Waals surface area contributed by atoms with Gasteiger partial charge in [-0.3, -0.25) is 9.88 Å². The largest absolute Gasteiger partial charge is 0.300 e. The van der Waals surface area contributed by atoms with Gasteiger partial charge in [0, 0.05) is 31.0 Å². The van der Waals surface area contributed by atoms with E-state index in [2.05, 4.69) is 59.6 Å². The Labute approximate surface area is 159 Å². The minimum atomic E-state index is 0.652. The number of rotatable bonds is 7. The second kappa shape index (κ2) is 8.38. The molecule has 0 atom stereocenters. The molecule has 0 radical (unpaired) electrons. The van der Waals surface area contributed by atoms with Crippen LogP contribution in [0.25, 0.3) is 11.4 Å². The molecule has 6 heteroatoms. The molecule has 0 saturated heterocycles. The zero-order valence-electron chi connectivity index (χ0n) is 15.6. The zero-order chi connectivity index (χ0) is 18.5. The molecule has 0 fully saturated rings. The van der Waals surface area contributed by atoms with Gasteiger partial charge in [0.25, 0.3) is 0 Å². The highest BCUT2D eigenvalue weighted by molar-refractivity contribution is 7.71. The van der Waals surface area contributed by atoms with Crippen LogP contribution in [0.5, 0.6) is 0 Å². The van der Waals surface area contributed by atoms with Gasteiger partial charge in [-0.05, 0) is 55.9 Å². The highest BCUT2D eigenvalue weighted by Gasteiger charge is 2.13. The van der Waals surface area contributed by atoms with Crippen LogP contribution in [0.2, 0.25) is 0 Å². The number of hydrogen-bond donors (Lipinski definition) is 0. The number of benzene rings is 1. The van der Waals surface area contributed by atoms with E-state index < -0.39 is 0 Å². The molecule has 3 aromatic rings. The molecule has 0 aliphatic rings. The summed E-state index contributed by atoms with van der Waals surface area (Å²) < 4.78 is 4.70. The van der Waals surface area contributed by atoms with Crippen LogP contribution >= 0.6 is 12.2 Å². The van der Waals surface area contributed by atoms with Crippen LogP contribution in [0.1, 0.15) is 25.0 Å². The van der Waals surface area contributed by atoms with Gasteiger partial charge in [0.2, 0.25) is 0 Å². The SMILES string of the molecule is CCc1ccc(CN(C)Cn2nc(-c3ccncc3)n(CC)c2=S)cc1. The molecule has 0 amide bonds. The van der Waals surface area contributed by atoms with Crippen molar-refractivity contribution in [3.63, 3.8) is 0 Å². The fourth-order valence-corrected chi connectivity index (χ4v) is 3.32. The lowest BCUT2D eigenvalue weighted by atomic mass is 10.1. The molecule has 26 heavy (non-hydrogen) atoms. The molecule has 2 aromatic heterocycles. The van der Waals surface area contributed by atoms with E-state index in [1.807, 2.05) is 16.8 Å². The molecule has 3 rings (SSSR count). The summed E-state index contributed by atoms with van der Waals surface area (Å²) in [6, 6.07) is 12.7. The van der Waals surface area contributed by atoms with E-state index >= 15 is 0 Å². The Kier molecular flexibility index (Phi) is 5.96. The molecule has 0 bridgehead atoms. The van der Waals surface area contributed by atoms with Crippen LogP contribution < -0.4 is 0 Å². The van der Waals surface area contributed by atoms with Crippen LogP contribution in [0.15, 0.2) is 48.8 Å². The Balaban J connectivity index is 1.78. The van der Waals surface area contributed by atoms with Crippen molar-refractivity contribution in [2.24, 2.45) is 0 Å². The first-order chi connectivity index (χ1) is 12.6. The Morgan fingerprint density at radius 3 is 2.27 bits per heavy atom. The molecule has 136 valence electrons. The van der Waals surface area contributed by atoms with Crippen LogP contribution in [-0.4, -0.2) is 31.3 Å². The van der Waals surface area contributed by atoms with E-state index in [-0.39, 0.29) is 0 Å². The van der Waals surface area contributed by atoms with E-state index in [4.69, 9.17) is 17.3 Å². The lowest BCUT2D eigenvalue weighted by Crippen LogP contribution is -2.22. The molecule has 0 saturated carbocycles. The second-order valence-corrected chi connectivity index (χ2v) is 6.78. The molecule has 5 nitrogen and oxygen atoms in total. The van der Waals surface area contributed by atoms with Gasteiger partial charge in [-0.25, -0.2) is 4.68 Å². The maximum Gasteiger partial charge on any atom is 0.199 e. The van der Waals surface area contributed by atoms with E-state index in [0.717, 1.165) is 35.7 Å². The van der Waals surface area contributed by atoms with E-state index in [0.29, 0.717) is 6.67 Å². The second-order valence-electron chi connectivity index (χ2n) is 6.41. The van der Waals surface area contributed by atoms with Gasteiger partial charge in [0.1, 0.15) is 0 Å². The summed E-state index contributed by atoms with van der Waals surface area (Å²) in [7, 11) is 2.09. The first-order valence-corrected chi connectivity index (χ1v) is 9.37. The first kappa shape index (κ1) is 18.5. The van der Waals surface area contributed by atoms with E-state index in [1.54, 1.807) is 12.4 Å². The Morgan fingerprint density at radius 2 is 1.65 bits per heavy atom. The highest BCUT2D eigenvalue weighted by atomic mass is 32.1. The van der Waals surface area contributed by atoms with Gasteiger partial charge in [-0.15, -0.1) is 0 Å². The predicted octanol–water partition coefficient (Wildman–Crippen LogP) is 4.15. The number of aromatic nitrogens is 4. The molecule has 0 spiro atoms. The quantitative estimate of drug-likeness (QED) is 0.588. The minimum Gasteiger partial charge on any atom is -0.300 e. The summed E-state index contributed by atoms with van der Waals surface area (Å²) in [4.78, 5) is 6.31. The number of hydrogen-bond acceptors (Lipinski definition) is 4. The first-order valence-electron chi connectivity index (χ1n) is 8.96. The molecule has 0 N–H and O–H groups in total. The average molecular weight is 368 g/mol. The molecule has 2 heterocycles. The van der Waals surface area contributed by atoms with E-state index in [9.17, 15) is 0 Å². The van der Waals surface area contributed by atoms with Crippen molar-refractivity contribution in [1.29, 1.82) is 0 Å². The van der Waals surface area contributed by atoms with Crippen LogP contribution in [0, 0.1) is 4.77 Å². The number of pyridine rings is 1. The Hall–Kier alpha value is -2.31. The average Bonchev–Trinajstić information content (AvgIpc) is 2.98. The van der Waals surface area contributed by atoms with Crippen molar-refractivity contribution >= 4 is 12.2 Å². The maximum absolute atomic E-state index is 5.65. The normalized spacial score (nSPS) is 11.2. The fourth-order valence-electron chi connectivity index (χ4n) is 3.00. The molecule has 0 aliphatic heterocycles. The van der Waals surface area contributed by atoms with Crippen molar-refractivity contribution in [3.8, 4) is 11.4 Å². The van der Waals surface area contributed by atoms with Gasteiger partial charge >= 0.3 is 0 Å². The summed E-state index contributed by atoms with van der Waals surface area (Å²) in [6.07, 6.45) is 4.63. The van der Waals surface area contributed by atoms with Crippen LogP contribution in [-0.2, 0) is 26.2 Å². The molecular formula is C20H25N5S. The zero-order valence-corrected chi connectivity index (χ0v) is 16.4. The Morgan fingerprint density at radius 1 is 1.00 bits per heavy atom. The van der Waals surface area contributed by atoms with Crippen molar-refractivity contribution in [2.75, 3.05) is 7.05 Å². The van der Waals surface area contributed by atoms with Crippen molar-refractivity contribution < 1.29 is 0 Å². The number of aryl methyl sites for hydroxylation is 1. The maximum atomic E-state index is 5.65. The molecule has 0 aliphatic carbocycles. The molecule has 1 aromatic carbocycles. The molecular weight excluding hydrogens is 342 g/mol. The highest BCUT2D eigenvalue weighted by Crippen LogP contribution is 2.18. The third-order valence-electron chi connectivity index (χ3n) is 4.44. The van der Waals surface area contributed by atoms with Crippen molar-refractivity contribution in [2.45, 2.75) is 40.0 Å². The standard InChI is InChI=1S/C20H25N5S/c1-4-16-6-8-17(9-7-16)14-23(3)15-25-20(26)24(5-2)19(22-25)18-10-12-21-13-11-18/h6-13H,4-5,14-15H2,1-3H3. The topological polar surface area (TPSA) is 38.9 Å². The van der Waals surface area contributed by atoms with Gasteiger partial charge < -0.3 is 4.57 Å². The van der Waals surface area contributed by atoms with Crippen molar-refractivity contribution in [1.82, 2.24) is 24.2 Å². The number of nitrogens with zero attached hydrogens (tertiary/aromatic N) is 5. The smallest absolute Gasteiger partial charge is 0.199 e. The summed E-state index contributed by atoms with van der Waals surface area (Å²) in [5.41, 5.74) is 3.69. The van der Waals surface area contributed by atoms with Crippen LogP contribution in [0.3, 0.4) is 0 Å². The monoisotopic (exact) mass is 367 g/mol. The third-order valence-corrected chi connectivity index (χ3v) is 4.87. The minimum absolute atomic E-state index is 0.652. The van der Waals surface area contributed by atoms with Crippen LogP contribution in [0.4, 0.5) is 0 Å². The third kappa shape index (κ3) is 4.08. The summed E-state index contributed by atoms with van der Waals surface area (Å²) in [5, 5.41) is 4.77. The van der Waals surface area contributed by atoms with Crippen molar-refractivity contribution in [3.05, 3.63) is 64.7 Å². The summed E-state index contributed by atoms with van der Waals surface area (Å²) >= 11 is 5.65. The van der Waals surface area contributed by atoms with E-state index in [1.165, 1.54) is 11.1 Å². The summed E-state index contributed by atoms with van der Waals surface area (Å²) in [6.45, 7) is 6.56. The van der Waals surface area contributed by atoms with Gasteiger partial charge in [-0.1, -0.05) is 31.2 Å². The summed E-state index contributed by atoms with van der Waals surface area (Å²) in [5.74, 6) is 0.889. The van der Waals surface area contributed by atoms with Gasteiger partial charge in [0.15, 0.2) is 10.6 Å². The Bertz CT molecular complexity index is 896.